The van der Waals surface area contributed by atoms with Crippen molar-refractivity contribution in [1.82, 2.24) is 0 Å². The smallest absolute Gasteiger partial charge is 0.293 e. The number of halogens is 1. The Labute approximate surface area is 171 Å². The summed E-state index contributed by atoms with van der Waals surface area (Å²) in [6, 6.07) is 19.0. The summed E-state index contributed by atoms with van der Waals surface area (Å²) in [5, 5.41) is 6.03. The molecule has 150 valence electrons. The number of furan rings is 1. The molecular weight excluding hydrogens is 387 g/mol. The molecule has 0 spiro atoms. The van der Waals surface area contributed by atoms with Crippen molar-refractivity contribution in [3.05, 3.63) is 89.9 Å². The summed E-state index contributed by atoms with van der Waals surface area (Å²) < 4.78 is 24.2. The Hall–Kier alpha value is -4.13. The van der Waals surface area contributed by atoms with E-state index in [-0.39, 0.29) is 17.0 Å². The van der Waals surface area contributed by atoms with Crippen molar-refractivity contribution < 1.29 is 23.1 Å². The highest BCUT2D eigenvalue weighted by Gasteiger charge is 2.23. The van der Waals surface area contributed by atoms with Crippen molar-refractivity contribution in [2.75, 3.05) is 17.7 Å². The molecule has 6 nitrogen and oxygen atoms in total. The second kappa shape index (κ2) is 8.08. The van der Waals surface area contributed by atoms with Crippen molar-refractivity contribution in [2.24, 2.45) is 0 Å². The second-order valence-electron chi connectivity index (χ2n) is 6.42. The van der Waals surface area contributed by atoms with E-state index in [4.69, 9.17) is 9.15 Å². The molecule has 0 atom stereocenters. The molecule has 2 amide bonds. The third kappa shape index (κ3) is 3.73. The first kappa shape index (κ1) is 19.2. The molecule has 4 aromatic rings. The molecule has 0 aliphatic carbocycles. The lowest BCUT2D eigenvalue weighted by atomic mass is 10.1. The fraction of sp³-hybridized carbons (Fsp3) is 0.0435. The van der Waals surface area contributed by atoms with Gasteiger partial charge in [0.1, 0.15) is 22.8 Å². The number of anilines is 2. The highest BCUT2D eigenvalue weighted by atomic mass is 19.1. The number of carbonyl (C=O) groups excluding carboxylic acids is 2. The summed E-state index contributed by atoms with van der Waals surface area (Å²) in [5.74, 6) is -1.06. The zero-order valence-electron chi connectivity index (χ0n) is 15.9. The summed E-state index contributed by atoms with van der Waals surface area (Å²) >= 11 is 0. The molecular formula is C23H17FN2O4. The minimum atomic E-state index is -0.551. The highest BCUT2D eigenvalue weighted by Crippen LogP contribution is 2.33. The molecule has 1 heterocycles. The van der Waals surface area contributed by atoms with Crippen LogP contribution in [0.3, 0.4) is 0 Å². The number of amides is 2. The zero-order valence-corrected chi connectivity index (χ0v) is 15.9. The maximum Gasteiger partial charge on any atom is 0.293 e. The van der Waals surface area contributed by atoms with Crippen molar-refractivity contribution in [2.45, 2.75) is 0 Å². The van der Waals surface area contributed by atoms with Crippen LogP contribution in [-0.2, 0) is 0 Å². The van der Waals surface area contributed by atoms with Crippen molar-refractivity contribution in [1.29, 1.82) is 0 Å². The average Bonchev–Trinajstić information content (AvgIpc) is 3.13. The van der Waals surface area contributed by atoms with Crippen LogP contribution in [0, 0.1) is 5.82 Å². The Morgan fingerprint density at radius 1 is 0.867 bits per heavy atom. The van der Waals surface area contributed by atoms with E-state index >= 15 is 0 Å². The monoisotopic (exact) mass is 404 g/mol. The van der Waals surface area contributed by atoms with E-state index in [1.807, 2.05) is 0 Å². The lowest BCUT2D eigenvalue weighted by Gasteiger charge is -2.10. The molecule has 0 aliphatic heterocycles. The molecule has 0 radical (unpaired) electrons. The highest BCUT2D eigenvalue weighted by molar-refractivity contribution is 6.17. The molecule has 3 aromatic carbocycles. The van der Waals surface area contributed by atoms with E-state index in [1.165, 1.54) is 31.4 Å². The number of fused-ring (bicyclic) bond motifs is 1. The van der Waals surface area contributed by atoms with Gasteiger partial charge in [-0.1, -0.05) is 24.3 Å². The number of carbonyl (C=O) groups is 2. The summed E-state index contributed by atoms with van der Waals surface area (Å²) in [6.07, 6.45) is 0. The minimum Gasteiger partial charge on any atom is -0.495 e. The number of methoxy groups -OCH3 is 1. The summed E-state index contributed by atoms with van der Waals surface area (Å²) in [6.45, 7) is 0. The van der Waals surface area contributed by atoms with Crippen LogP contribution in [0.1, 0.15) is 20.9 Å². The lowest BCUT2D eigenvalue weighted by molar-refractivity contribution is 0.0999. The van der Waals surface area contributed by atoms with Crippen LogP contribution in [0.15, 0.2) is 77.2 Å². The molecule has 30 heavy (non-hydrogen) atoms. The number of benzene rings is 3. The molecule has 2 N–H and O–H groups in total. The Morgan fingerprint density at radius 3 is 2.33 bits per heavy atom. The Balaban J connectivity index is 1.70. The van der Waals surface area contributed by atoms with E-state index in [0.717, 1.165) is 0 Å². The molecule has 0 saturated heterocycles. The predicted octanol–water partition coefficient (Wildman–Crippen LogP) is 5.09. The van der Waals surface area contributed by atoms with Crippen LogP contribution in [0.2, 0.25) is 0 Å². The first-order valence-corrected chi connectivity index (χ1v) is 9.09. The third-order valence-electron chi connectivity index (χ3n) is 4.50. The van der Waals surface area contributed by atoms with Crippen LogP contribution in [-0.4, -0.2) is 18.9 Å². The predicted molar refractivity (Wildman–Crippen MR) is 112 cm³/mol. The van der Waals surface area contributed by atoms with Gasteiger partial charge in [-0.05, 0) is 48.5 Å². The molecule has 1 aromatic heterocycles. The van der Waals surface area contributed by atoms with Gasteiger partial charge in [-0.25, -0.2) is 4.39 Å². The fourth-order valence-corrected chi connectivity index (χ4v) is 3.04. The van der Waals surface area contributed by atoms with Gasteiger partial charge < -0.3 is 19.8 Å². The molecule has 0 saturated carbocycles. The number of rotatable bonds is 5. The first-order chi connectivity index (χ1) is 14.6. The summed E-state index contributed by atoms with van der Waals surface area (Å²) in [5.41, 5.74) is 1.38. The Morgan fingerprint density at radius 2 is 1.57 bits per heavy atom. The topological polar surface area (TPSA) is 80.6 Å². The number of ether oxygens (including phenoxy) is 1. The molecule has 7 heteroatoms. The van der Waals surface area contributed by atoms with E-state index in [0.29, 0.717) is 22.4 Å². The van der Waals surface area contributed by atoms with Gasteiger partial charge >= 0.3 is 0 Å². The van der Waals surface area contributed by atoms with Gasteiger partial charge in [-0.2, -0.15) is 0 Å². The van der Waals surface area contributed by atoms with E-state index < -0.39 is 17.6 Å². The molecule has 0 bridgehead atoms. The van der Waals surface area contributed by atoms with Crippen LogP contribution in [0.5, 0.6) is 5.75 Å². The average molecular weight is 404 g/mol. The fourth-order valence-electron chi connectivity index (χ4n) is 3.04. The number of hydrogen-bond donors (Lipinski definition) is 2. The summed E-state index contributed by atoms with van der Waals surface area (Å²) in [4.78, 5) is 25.6. The van der Waals surface area contributed by atoms with Crippen LogP contribution in [0.4, 0.5) is 15.8 Å². The number of para-hydroxylation sites is 3. The van der Waals surface area contributed by atoms with Crippen LogP contribution < -0.4 is 15.4 Å². The Kier molecular flexibility index (Phi) is 5.17. The van der Waals surface area contributed by atoms with E-state index in [9.17, 15) is 14.0 Å². The molecule has 0 fully saturated rings. The molecule has 4 rings (SSSR count). The van der Waals surface area contributed by atoms with E-state index in [1.54, 1.807) is 48.5 Å². The number of hydrogen-bond acceptors (Lipinski definition) is 4. The zero-order chi connectivity index (χ0) is 21.1. The van der Waals surface area contributed by atoms with Gasteiger partial charge in [0.05, 0.1) is 12.8 Å². The van der Waals surface area contributed by atoms with Crippen molar-refractivity contribution in [3.63, 3.8) is 0 Å². The van der Waals surface area contributed by atoms with Gasteiger partial charge in [-0.3, -0.25) is 9.59 Å². The van der Waals surface area contributed by atoms with E-state index in [2.05, 4.69) is 10.6 Å². The minimum absolute atomic E-state index is 0.0578. The van der Waals surface area contributed by atoms with Gasteiger partial charge in [0.2, 0.25) is 5.76 Å². The van der Waals surface area contributed by atoms with Crippen molar-refractivity contribution in [3.8, 4) is 5.75 Å². The maximum atomic E-state index is 13.2. The van der Waals surface area contributed by atoms with Crippen LogP contribution in [0.25, 0.3) is 11.0 Å². The third-order valence-corrected chi connectivity index (χ3v) is 4.50. The number of nitrogens with one attached hydrogen (secondary N) is 2. The summed E-state index contributed by atoms with van der Waals surface area (Å²) in [7, 11) is 1.50. The lowest BCUT2D eigenvalue weighted by Crippen LogP contribution is -2.17. The van der Waals surface area contributed by atoms with Crippen LogP contribution >= 0.6 is 0 Å². The first-order valence-electron chi connectivity index (χ1n) is 9.09. The normalized spacial score (nSPS) is 10.6. The largest absolute Gasteiger partial charge is 0.495 e. The van der Waals surface area contributed by atoms with Gasteiger partial charge in [0, 0.05) is 10.9 Å². The molecule has 0 unspecified atom stereocenters. The standard InChI is InChI=1S/C23H17FN2O4/c1-29-19-9-5-3-7-17(19)25-23(28)21-20(16-6-2-4-8-18(16)30-21)26-22(27)14-10-12-15(24)13-11-14/h2-13H,1H3,(H,25,28)(H,26,27). The van der Waals surface area contributed by atoms with Gasteiger partial charge in [0.15, 0.2) is 0 Å². The Bertz CT molecular complexity index is 1230. The molecule has 0 aliphatic rings. The second-order valence-corrected chi connectivity index (χ2v) is 6.42. The van der Waals surface area contributed by atoms with Crippen molar-refractivity contribution >= 4 is 34.2 Å². The van der Waals surface area contributed by atoms with Gasteiger partial charge in [-0.15, -0.1) is 0 Å². The maximum absolute atomic E-state index is 13.2. The van der Waals surface area contributed by atoms with Gasteiger partial charge in [0.25, 0.3) is 11.8 Å². The SMILES string of the molecule is COc1ccccc1NC(=O)c1oc2ccccc2c1NC(=O)c1ccc(F)cc1. The quantitative estimate of drug-likeness (QED) is 0.486.